The maximum Gasteiger partial charge on any atom is 0.419 e. The zero-order valence-electron chi connectivity index (χ0n) is 14.5. The summed E-state index contributed by atoms with van der Waals surface area (Å²) in [5.41, 5.74) is -1.39. The van der Waals surface area contributed by atoms with Crippen molar-refractivity contribution in [2.24, 2.45) is 5.16 Å². The number of nitrogens with zero attached hydrogens (tertiary/aromatic N) is 4. The van der Waals surface area contributed by atoms with Gasteiger partial charge in [-0.2, -0.15) is 13.2 Å². The quantitative estimate of drug-likeness (QED) is 0.220. The Morgan fingerprint density at radius 3 is 2.62 bits per heavy atom. The van der Waals surface area contributed by atoms with E-state index in [1.54, 1.807) is 12.1 Å². The maximum atomic E-state index is 13.4. The molecule has 3 aromatic rings. The Morgan fingerprint density at radius 1 is 1.17 bits per heavy atom. The van der Waals surface area contributed by atoms with Crippen molar-refractivity contribution in [1.29, 1.82) is 0 Å². The Bertz CT molecular complexity index is 1050. The molecule has 0 atom stereocenters. The number of hydrogen-bond donors (Lipinski definition) is 1. The van der Waals surface area contributed by atoms with Crippen molar-refractivity contribution in [2.45, 2.75) is 19.0 Å². The Hall–Kier alpha value is -3.63. The van der Waals surface area contributed by atoms with Crippen LogP contribution in [-0.4, -0.2) is 32.0 Å². The number of oxime groups is 1. The van der Waals surface area contributed by atoms with Gasteiger partial charge in [0.2, 0.25) is 0 Å². The van der Waals surface area contributed by atoms with Crippen LogP contribution in [0.5, 0.6) is 0 Å². The lowest BCUT2D eigenvalue weighted by molar-refractivity contribution is -0.140. The van der Waals surface area contributed by atoms with Crippen LogP contribution in [0.15, 0.2) is 52.5 Å². The fraction of sp³-hybridized carbons (Fsp3) is 0.167. The number of ketones is 1. The van der Waals surface area contributed by atoms with Crippen LogP contribution in [0.1, 0.15) is 32.9 Å². The number of Topliss-reactive ketones (excluding diaryl/α,β-unsaturated/α-hetero) is 1. The van der Waals surface area contributed by atoms with Crippen molar-refractivity contribution in [3.63, 3.8) is 0 Å². The second-order valence-corrected chi connectivity index (χ2v) is 5.94. The lowest BCUT2D eigenvalue weighted by atomic mass is 10.0. The standard InChI is InChI=1S/C18H12F4N4O3/c19-13-4-3-10(6-12(13)18(20,21)22)7-14(24-28)17-15(25-29-26-17)8-16(27)11-2-1-5-23-9-11/h1-6,9,28H,7-8H2. The monoisotopic (exact) mass is 408 g/mol. The van der Waals surface area contributed by atoms with Gasteiger partial charge in [-0.25, -0.2) is 9.02 Å². The third-order valence-corrected chi connectivity index (χ3v) is 3.97. The minimum atomic E-state index is -4.88. The van der Waals surface area contributed by atoms with E-state index in [0.717, 1.165) is 6.07 Å². The molecule has 0 amide bonds. The third-order valence-electron chi connectivity index (χ3n) is 3.97. The molecule has 7 nitrogen and oxygen atoms in total. The predicted molar refractivity (Wildman–Crippen MR) is 90.0 cm³/mol. The van der Waals surface area contributed by atoms with Gasteiger partial charge in [0, 0.05) is 24.4 Å². The molecule has 1 N–H and O–H groups in total. The second kappa shape index (κ2) is 8.17. The summed E-state index contributed by atoms with van der Waals surface area (Å²) in [6.45, 7) is 0. The number of benzene rings is 1. The fourth-order valence-electron chi connectivity index (χ4n) is 2.58. The van der Waals surface area contributed by atoms with Crippen LogP contribution in [0, 0.1) is 5.82 Å². The molecule has 0 saturated carbocycles. The molecule has 3 rings (SSSR count). The van der Waals surface area contributed by atoms with E-state index < -0.39 is 17.6 Å². The Kier molecular flexibility index (Phi) is 5.66. The largest absolute Gasteiger partial charge is 0.419 e. The number of carbonyl (C=O) groups excluding carboxylic acids is 1. The number of halogens is 4. The Morgan fingerprint density at radius 2 is 1.97 bits per heavy atom. The van der Waals surface area contributed by atoms with Gasteiger partial charge in [0.15, 0.2) is 11.5 Å². The molecular formula is C18H12F4N4O3. The van der Waals surface area contributed by atoms with Gasteiger partial charge in [0.05, 0.1) is 12.0 Å². The van der Waals surface area contributed by atoms with Crippen LogP contribution in [-0.2, 0) is 19.0 Å². The van der Waals surface area contributed by atoms with Gasteiger partial charge in [-0.1, -0.05) is 16.4 Å². The smallest absolute Gasteiger partial charge is 0.411 e. The molecule has 150 valence electrons. The van der Waals surface area contributed by atoms with Crippen molar-refractivity contribution in [3.05, 3.63) is 76.6 Å². The number of rotatable bonds is 6. The lowest BCUT2D eigenvalue weighted by Gasteiger charge is -2.10. The minimum absolute atomic E-state index is 0.0130. The highest BCUT2D eigenvalue weighted by atomic mass is 19.4. The van der Waals surface area contributed by atoms with E-state index in [-0.39, 0.29) is 41.3 Å². The number of alkyl halides is 3. The van der Waals surface area contributed by atoms with Crippen molar-refractivity contribution in [1.82, 2.24) is 15.3 Å². The molecule has 0 unspecified atom stereocenters. The van der Waals surface area contributed by atoms with E-state index in [4.69, 9.17) is 0 Å². The summed E-state index contributed by atoms with van der Waals surface area (Å²) in [7, 11) is 0. The van der Waals surface area contributed by atoms with Gasteiger partial charge in [0.1, 0.15) is 17.2 Å². The van der Waals surface area contributed by atoms with E-state index in [1.165, 1.54) is 12.4 Å². The second-order valence-electron chi connectivity index (χ2n) is 5.94. The van der Waals surface area contributed by atoms with Crippen molar-refractivity contribution in [3.8, 4) is 0 Å². The van der Waals surface area contributed by atoms with Gasteiger partial charge in [-0.15, -0.1) is 0 Å². The molecule has 0 spiro atoms. The van der Waals surface area contributed by atoms with E-state index >= 15 is 0 Å². The average Bonchev–Trinajstić information content (AvgIpc) is 3.15. The predicted octanol–water partition coefficient (Wildman–Crippen LogP) is 3.47. The van der Waals surface area contributed by atoms with Gasteiger partial charge < -0.3 is 5.21 Å². The fourth-order valence-corrected chi connectivity index (χ4v) is 2.58. The first-order valence-electron chi connectivity index (χ1n) is 8.11. The van der Waals surface area contributed by atoms with Crippen LogP contribution in [0.25, 0.3) is 0 Å². The molecule has 0 aliphatic heterocycles. The normalized spacial score (nSPS) is 12.2. The number of aromatic nitrogens is 3. The zero-order valence-corrected chi connectivity index (χ0v) is 14.5. The molecule has 0 fully saturated rings. The molecular weight excluding hydrogens is 396 g/mol. The molecule has 0 bridgehead atoms. The lowest BCUT2D eigenvalue weighted by Crippen LogP contribution is -2.14. The van der Waals surface area contributed by atoms with Crippen LogP contribution in [0.3, 0.4) is 0 Å². The number of carbonyl (C=O) groups is 1. The van der Waals surface area contributed by atoms with Gasteiger partial charge in [-0.3, -0.25) is 9.78 Å². The van der Waals surface area contributed by atoms with Gasteiger partial charge >= 0.3 is 6.18 Å². The summed E-state index contributed by atoms with van der Waals surface area (Å²) in [6, 6.07) is 5.50. The first kappa shape index (κ1) is 20.1. The summed E-state index contributed by atoms with van der Waals surface area (Å²) in [5, 5.41) is 19.5. The molecule has 0 saturated heterocycles. The summed E-state index contributed by atoms with van der Waals surface area (Å²) in [6.07, 6.45) is -2.63. The average molecular weight is 408 g/mol. The number of hydrogen-bond acceptors (Lipinski definition) is 7. The van der Waals surface area contributed by atoms with Crippen molar-refractivity contribution < 1.29 is 32.2 Å². The summed E-state index contributed by atoms with van der Waals surface area (Å²) in [5.74, 6) is -1.79. The van der Waals surface area contributed by atoms with E-state index in [2.05, 4.69) is 25.1 Å². The van der Waals surface area contributed by atoms with Crippen LogP contribution < -0.4 is 0 Å². The van der Waals surface area contributed by atoms with Crippen LogP contribution in [0.4, 0.5) is 17.6 Å². The van der Waals surface area contributed by atoms with E-state index in [1.807, 2.05) is 0 Å². The summed E-state index contributed by atoms with van der Waals surface area (Å²) < 4.78 is 56.7. The molecule has 0 radical (unpaired) electrons. The molecule has 0 aliphatic carbocycles. The van der Waals surface area contributed by atoms with E-state index in [9.17, 15) is 27.6 Å². The highest BCUT2D eigenvalue weighted by molar-refractivity contribution is 6.03. The topological polar surface area (TPSA) is 101 Å². The summed E-state index contributed by atoms with van der Waals surface area (Å²) >= 11 is 0. The Labute approximate surface area is 160 Å². The SMILES string of the molecule is O=C(Cc1nonc1C(Cc1ccc(F)c(C(F)(F)F)c1)=NO)c1cccnc1. The molecule has 29 heavy (non-hydrogen) atoms. The van der Waals surface area contributed by atoms with Gasteiger partial charge in [-0.05, 0) is 35.0 Å². The summed E-state index contributed by atoms with van der Waals surface area (Å²) in [4.78, 5) is 16.1. The van der Waals surface area contributed by atoms with Crippen molar-refractivity contribution in [2.75, 3.05) is 0 Å². The zero-order chi connectivity index (χ0) is 21.0. The molecule has 1 aromatic carbocycles. The Balaban J connectivity index is 1.84. The maximum absolute atomic E-state index is 13.4. The van der Waals surface area contributed by atoms with Crippen LogP contribution >= 0.6 is 0 Å². The van der Waals surface area contributed by atoms with Gasteiger partial charge in [0.25, 0.3) is 0 Å². The third kappa shape index (κ3) is 4.62. The minimum Gasteiger partial charge on any atom is -0.411 e. The molecule has 2 aromatic heterocycles. The van der Waals surface area contributed by atoms with Crippen molar-refractivity contribution >= 4 is 11.5 Å². The molecule has 11 heteroatoms. The highest BCUT2D eigenvalue weighted by Gasteiger charge is 2.34. The molecule has 0 aliphatic rings. The first-order chi connectivity index (χ1) is 13.8. The highest BCUT2D eigenvalue weighted by Crippen LogP contribution is 2.32. The van der Waals surface area contributed by atoms with E-state index in [0.29, 0.717) is 17.7 Å². The first-order valence-corrected chi connectivity index (χ1v) is 8.11. The number of pyridine rings is 1. The van der Waals surface area contributed by atoms with Crippen LogP contribution in [0.2, 0.25) is 0 Å². The molecule has 2 heterocycles.